The monoisotopic (exact) mass is 372 g/mol. The molecule has 27 heavy (non-hydrogen) atoms. The van der Waals surface area contributed by atoms with Gasteiger partial charge in [0, 0.05) is 6.07 Å². The van der Waals surface area contributed by atoms with Gasteiger partial charge in [-0.3, -0.25) is 9.78 Å². The van der Waals surface area contributed by atoms with E-state index in [2.05, 4.69) is 27.4 Å². The summed E-state index contributed by atoms with van der Waals surface area (Å²) in [4.78, 5) is 18.6. The number of ether oxygens (including phenoxy) is 2. The average molecular weight is 372 g/mol. The van der Waals surface area contributed by atoms with Gasteiger partial charge in [-0.15, -0.1) is 0 Å². The average Bonchev–Trinajstić information content (AvgIpc) is 2.65. The van der Waals surface area contributed by atoms with Crippen LogP contribution >= 0.6 is 0 Å². The van der Waals surface area contributed by atoms with Gasteiger partial charge in [-0.25, -0.2) is 10.4 Å². The van der Waals surface area contributed by atoms with Crippen LogP contribution in [0.4, 0.5) is 5.95 Å². The van der Waals surface area contributed by atoms with Crippen LogP contribution in [-0.2, 0) is 0 Å². The van der Waals surface area contributed by atoms with Crippen LogP contribution in [0, 0.1) is 0 Å². The first-order valence-corrected chi connectivity index (χ1v) is 9.24. The Hall–Kier alpha value is -2.83. The summed E-state index contributed by atoms with van der Waals surface area (Å²) in [5, 5.41) is 4.14. The smallest absolute Gasteiger partial charge is 0.252 e. The molecule has 2 N–H and O–H groups in total. The van der Waals surface area contributed by atoms with Crippen LogP contribution in [0.1, 0.15) is 57.2 Å². The molecule has 0 saturated carbocycles. The van der Waals surface area contributed by atoms with Gasteiger partial charge in [0.1, 0.15) is 0 Å². The zero-order chi connectivity index (χ0) is 19.6. The minimum absolute atomic E-state index is 0.158. The van der Waals surface area contributed by atoms with Gasteiger partial charge in [0.05, 0.1) is 25.6 Å². The maximum atomic E-state index is 11.7. The van der Waals surface area contributed by atoms with E-state index in [0.717, 1.165) is 24.8 Å². The number of nitrogens with one attached hydrogen (secondary N) is 2. The Bertz CT molecular complexity index is 815. The van der Waals surface area contributed by atoms with Crippen molar-refractivity contribution in [3.8, 4) is 11.5 Å². The first kappa shape index (κ1) is 20.5. The molecular formula is C20H28N4O3. The molecule has 7 nitrogen and oxygen atoms in total. The molecule has 7 heteroatoms. The van der Waals surface area contributed by atoms with E-state index in [-0.39, 0.29) is 11.5 Å². The van der Waals surface area contributed by atoms with Gasteiger partial charge in [0.25, 0.3) is 5.56 Å². The quantitative estimate of drug-likeness (QED) is 0.375. The van der Waals surface area contributed by atoms with Crippen LogP contribution in [0.15, 0.2) is 34.2 Å². The van der Waals surface area contributed by atoms with Gasteiger partial charge in [-0.05, 0) is 36.1 Å². The van der Waals surface area contributed by atoms with E-state index in [1.807, 2.05) is 32.0 Å². The maximum Gasteiger partial charge on any atom is 0.252 e. The molecule has 0 bridgehead atoms. The van der Waals surface area contributed by atoms with E-state index in [0.29, 0.717) is 29.7 Å². The molecule has 2 aromatic rings. The van der Waals surface area contributed by atoms with Crippen molar-refractivity contribution in [2.45, 2.75) is 46.0 Å². The summed E-state index contributed by atoms with van der Waals surface area (Å²) in [6, 6.07) is 7.10. The van der Waals surface area contributed by atoms with Gasteiger partial charge in [-0.1, -0.05) is 33.6 Å². The fourth-order valence-electron chi connectivity index (χ4n) is 2.41. The molecule has 1 heterocycles. The van der Waals surface area contributed by atoms with Crippen molar-refractivity contribution in [3.05, 3.63) is 45.9 Å². The van der Waals surface area contributed by atoms with Gasteiger partial charge < -0.3 is 9.47 Å². The molecule has 0 spiro atoms. The number of rotatable bonds is 10. The topological polar surface area (TPSA) is 88.6 Å². The number of aromatic nitrogens is 2. The fraction of sp³-hybridized carbons (Fsp3) is 0.450. The van der Waals surface area contributed by atoms with E-state index in [9.17, 15) is 4.79 Å². The highest BCUT2D eigenvalue weighted by Gasteiger charge is 2.06. The van der Waals surface area contributed by atoms with Gasteiger partial charge >= 0.3 is 0 Å². The molecule has 0 fully saturated rings. The summed E-state index contributed by atoms with van der Waals surface area (Å²) in [5.74, 6) is 1.84. The van der Waals surface area contributed by atoms with Crippen LogP contribution in [-0.4, -0.2) is 29.9 Å². The molecule has 0 amide bonds. The molecule has 146 valence electrons. The lowest BCUT2D eigenvalue weighted by Gasteiger charge is -2.11. The second kappa shape index (κ2) is 10.4. The number of hydrogen-bond donors (Lipinski definition) is 2. The number of benzene rings is 1. The number of hydrazone groups is 1. The lowest BCUT2D eigenvalue weighted by molar-refractivity contribution is 0.286. The van der Waals surface area contributed by atoms with Gasteiger partial charge in [0.2, 0.25) is 5.95 Å². The number of methoxy groups -OCH3 is 1. The number of unbranched alkanes of at least 4 members (excludes halogenated alkanes) is 2. The normalized spacial score (nSPS) is 11.1. The Morgan fingerprint density at radius 2 is 2.07 bits per heavy atom. The zero-order valence-corrected chi connectivity index (χ0v) is 16.4. The molecule has 0 atom stereocenters. The lowest BCUT2D eigenvalue weighted by atomic mass is 10.1. The Labute approximate surface area is 159 Å². The van der Waals surface area contributed by atoms with E-state index in [1.165, 1.54) is 6.07 Å². The standard InChI is InChI=1S/C20H28N4O3/c1-5-6-7-10-27-17-9-8-15(11-18(17)26-4)13-21-24-20-22-16(14(2)3)12-19(25)23-20/h8-9,11-14H,5-7,10H2,1-4H3,(H2,22,23,24,25)/b21-13-. The highest BCUT2D eigenvalue weighted by atomic mass is 16.5. The minimum atomic E-state index is -0.211. The highest BCUT2D eigenvalue weighted by molar-refractivity contribution is 5.81. The van der Waals surface area contributed by atoms with Crippen LogP contribution in [0.25, 0.3) is 0 Å². The molecule has 2 rings (SSSR count). The van der Waals surface area contributed by atoms with Crippen molar-refractivity contribution >= 4 is 12.2 Å². The number of hydrogen-bond acceptors (Lipinski definition) is 6. The first-order chi connectivity index (χ1) is 13.0. The van der Waals surface area contributed by atoms with Gasteiger partial charge in [0.15, 0.2) is 11.5 Å². The molecule has 1 aromatic heterocycles. The number of nitrogens with zero attached hydrogens (tertiary/aromatic N) is 2. The second-order valence-corrected chi connectivity index (χ2v) is 6.51. The van der Waals surface area contributed by atoms with Crippen LogP contribution in [0.3, 0.4) is 0 Å². The van der Waals surface area contributed by atoms with E-state index < -0.39 is 0 Å². The summed E-state index contributed by atoms with van der Waals surface area (Å²) in [5.41, 5.74) is 4.10. The van der Waals surface area contributed by atoms with Crippen molar-refractivity contribution < 1.29 is 9.47 Å². The van der Waals surface area contributed by atoms with Crippen molar-refractivity contribution in [2.24, 2.45) is 5.10 Å². The van der Waals surface area contributed by atoms with E-state index in [4.69, 9.17) is 9.47 Å². The SMILES string of the molecule is CCCCCOc1ccc(/C=N\Nc2nc(C(C)C)cc(=O)[nH]2)cc1OC. The molecule has 0 aliphatic carbocycles. The van der Waals surface area contributed by atoms with Crippen molar-refractivity contribution in [1.82, 2.24) is 9.97 Å². The minimum Gasteiger partial charge on any atom is -0.493 e. The third-order valence-electron chi connectivity index (χ3n) is 3.93. The van der Waals surface area contributed by atoms with Gasteiger partial charge in [-0.2, -0.15) is 5.10 Å². The summed E-state index contributed by atoms with van der Waals surface area (Å²) in [6.07, 6.45) is 4.95. The third kappa shape index (κ3) is 6.44. The Kier molecular flexibility index (Phi) is 7.85. The largest absolute Gasteiger partial charge is 0.493 e. The first-order valence-electron chi connectivity index (χ1n) is 9.24. The Morgan fingerprint density at radius 3 is 2.78 bits per heavy atom. The predicted molar refractivity (Wildman–Crippen MR) is 108 cm³/mol. The lowest BCUT2D eigenvalue weighted by Crippen LogP contribution is -2.12. The zero-order valence-electron chi connectivity index (χ0n) is 16.4. The van der Waals surface area contributed by atoms with Crippen LogP contribution < -0.4 is 20.5 Å². The molecule has 0 aliphatic rings. The number of anilines is 1. The molecule has 0 unspecified atom stereocenters. The van der Waals surface area contributed by atoms with Crippen LogP contribution in [0.2, 0.25) is 0 Å². The van der Waals surface area contributed by atoms with E-state index >= 15 is 0 Å². The molecule has 0 aliphatic heterocycles. The Balaban J connectivity index is 2.03. The summed E-state index contributed by atoms with van der Waals surface area (Å²) in [7, 11) is 1.61. The fourth-order valence-corrected chi connectivity index (χ4v) is 2.41. The Morgan fingerprint density at radius 1 is 1.26 bits per heavy atom. The van der Waals surface area contributed by atoms with E-state index in [1.54, 1.807) is 13.3 Å². The van der Waals surface area contributed by atoms with Crippen molar-refractivity contribution in [2.75, 3.05) is 19.1 Å². The molecular weight excluding hydrogens is 344 g/mol. The van der Waals surface area contributed by atoms with Crippen molar-refractivity contribution in [3.63, 3.8) is 0 Å². The highest BCUT2D eigenvalue weighted by Crippen LogP contribution is 2.27. The summed E-state index contributed by atoms with van der Waals surface area (Å²) >= 11 is 0. The molecule has 1 aromatic carbocycles. The summed E-state index contributed by atoms with van der Waals surface area (Å²) < 4.78 is 11.2. The summed E-state index contributed by atoms with van der Waals surface area (Å²) in [6.45, 7) is 6.79. The second-order valence-electron chi connectivity index (χ2n) is 6.51. The maximum absolute atomic E-state index is 11.7. The number of H-pyrrole nitrogens is 1. The predicted octanol–water partition coefficient (Wildman–Crippen LogP) is 3.92. The number of aromatic amines is 1. The van der Waals surface area contributed by atoms with Crippen LogP contribution in [0.5, 0.6) is 11.5 Å². The molecule has 0 radical (unpaired) electrons. The molecule has 0 saturated heterocycles. The van der Waals surface area contributed by atoms with Crippen molar-refractivity contribution in [1.29, 1.82) is 0 Å². The third-order valence-corrected chi connectivity index (χ3v) is 3.93.